The van der Waals surface area contributed by atoms with E-state index in [0.717, 1.165) is 18.6 Å². The minimum Gasteiger partial charge on any atom is -0.484 e. The third kappa shape index (κ3) is 5.99. The molecule has 6 nitrogen and oxygen atoms in total. The number of nitrogens with one attached hydrogen (secondary N) is 1. The molecule has 0 spiro atoms. The highest BCUT2D eigenvalue weighted by Gasteiger charge is 2.28. The molecular weight excluding hydrogens is 374 g/mol. The fourth-order valence-corrected chi connectivity index (χ4v) is 4.15. The first-order valence-corrected chi connectivity index (χ1v) is 10.9. The molecule has 1 aliphatic rings. The second-order valence-electron chi connectivity index (χ2n) is 7.69. The number of benzene rings is 1. The standard InChI is InChI=1S/C21H29N3O3S/c1-14(2)19(20(25)22-16-7-5-4-6-8-16)28-21-24-23-18(27-21)13-26-17-11-9-15(3)10-12-17/h9-12,14,16,19H,4-8,13H2,1-3H3,(H,22,25). The summed E-state index contributed by atoms with van der Waals surface area (Å²) in [6.07, 6.45) is 5.80. The van der Waals surface area contributed by atoms with Crippen molar-refractivity contribution in [3.05, 3.63) is 35.7 Å². The number of nitrogens with zero attached hydrogens (tertiary/aromatic N) is 2. The topological polar surface area (TPSA) is 77.2 Å². The van der Waals surface area contributed by atoms with Crippen molar-refractivity contribution >= 4 is 17.7 Å². The average molecular weight is 404 g/mol. The van der Waals surface area contributed by atoms with Gasteiger partial charge in [0.05, 0.1) is 5.25 Å². The minimum absolute atomic E-state index is 0.0579. The number of thioether (sulfide) groups is 1. The number of rotatable bonds is 8. The highest BCUT2D eigenvalue weighted by atomic mass is 32.2. The van der Waals surface area contributed by atoms with Gasteiger partial charge in [-0.2, -0.15) is 0 Å². The van der Waals surface area contributed by atoms with E-state index in [4.69, 9.17) is 9.15 Å². The summed E-state index contributed by atoms with van der Waals surface area (Å²) in [5, 5.41) is 11.5. The van der Waals surface area contributed by atoms with Crippen LogP contribution in [0, 0.1) is 12.8 Å². The van der Waals surface area contributed by atoms with Crippen LogP contribution < -0.4 is 10.1 Å². The second kappa shape index (κ2) is 9.96. The zero-order valence-electron chi connectivity index (χ0n) is 16.8. The Kier molecular flexibility index (Phi) is 7.36. The van der Waals surface area contributed by atoms with Crippen LogP contribution in [0.2, 0.25) is 0 Å². The molecule has 28 heavy (non-hydrogen) atoms. The Bertz CT molecular complexity index is 755. The molecule has 3 rings (SSSR count). The Morgan fingerprint density at radius 2 is 1.93 bits per heavy atom. The summed E-state index contributed by atoms with van der Waals surface area (Å²) in [5.74, 6) is 1.37. The first-order valence-electron chi connectivity index (χ1n) is 10.00. The van der Waals surface area contributed by atoms with Crippen LogP contribution in [0.4, 0.5) is 0 Å². The lowest BCUT2D eigenvalue weighted by Crippen LogP contribution is -2.42. The minimum atomic E-state index is -0.256. The molecule has 0 radical (unpaired) electrons. The van der Waals surface area contributed by atoms with Crippen LogP contribution in [-0.2, 0) is 11.4 Å². The van der Waals surface area contributed by atoms with Gasteiger partial charge in [0.25, 0.3) is 11.1 Å². The molecule has 1 amide bonds. The molecule has 1 fully saturated rings. The van der Waals surface area contributed by atoms with E-state index in [1.54, 1.807) is 0 Å². The van der Waals surface area contributed by atoms with Crippen molar-refractivity contribution in [1.29, 1.82) is 0 Å². The predicted molar refractivity (Wildman–Crippen MR) is 109 cm³/mol. The van der Waals surface area contributed by atoms with Crippen LogP contribution >= 0.6 is 11.8 Å². The van der Waals surface area contributed by atoms with E-state index in [0.29, 0.717) is 17.2 Å². The Labute approximate surface area is 170 Å². The predicted octanol–water partition coefficient (Wildman–Crippen LogP) is 4.52. The van der Waals surface area contributed by atoms with Crippen LogP contribution in [0.25, 0.3) is 0 Å². The fourth-order valence-electron chi connectivity index (χ4n) is 3.25. The summed E-state index contributed by atoms with van der Waals surface area (Å²) in [4.78, 5) is 12.8. The molecule has 0 bridgehead atoms. The number of aryl methyl sites for hydroxylation is 1. The normalized spacial score (nSPS) is 16.1. The first-order chi connectivity index (χ1) is 13.5. The van der Waals surface area contributed by atoms with Crippen molar-refractivity contribution in [3.63, 3.8) is 0 Å². The summed E-state index contributed by atoms with van der Waals surface area (Å²) >= 11 is 1.33. The van der Waals surface area contributed by atoms with E-state index in [2.05, 4.69) is 15.5 Å². The van der Waals surface area contributed by atoms with E-state index in [-0.39, 0.29) is 23.7 Å². The smallest absolute Gasteiger partial charge is 0.277 e. The molecule has 1 saturated carbocycles. The Balaban J connectivity index is 1.54. The molecule has 1 aromatic heterocycles. The van der Waals surface area contributed by atoms with Crippen LogP contribution in [0.1, 0.15) is 57.4 Å². The Morgan fingerprint density at radius 3 is 2.61 bits per heavy atom. The first kappa shape index (κ1) is 20.7. The van der Waals surface area contributed by atoms with Gasteiger partial charge in [-0.05, 0) is 37.8 Å². The van der Waals surface area contributed by atoms with Crippen molar-refractivity contribution in [2.24, 2.45) is 5.92 Å². The van der Waals surface area contributed by atoms with E-state index in [1.807, 2.05) is 45.0 Å². The zero-order valence-corrected chi connectivity index (χ0v) is 17.6. The van der Waals surface area contributed by atoms with Crippen LogP contribution in [0.15, 0.2) is 33.9 Å². The van der Waals surface area contributed by atoms with Gasteiger partial charge in [0, 0.05) is 6.04 Å². The molecule has 2 aromatic rings. The molecular formula is C21H29N3O3S. The van der Waals surface area contributed by atoms with Gasteiger partial charge in [-0.3, -0.25) is 4.79 Å². The van der Waals surface area contributed by atoms with Crippen molar-refractivity contribution in [1.82, 2.24) is 15.5 Å². The molecule has 0 saturated heterocycles. The molecule has 1 aliphatic carbocycles. The van der Waals surface area contributed by atoms with Gasteiger partial charge in [0.1, 0.15) is 5.75 Å². The molecule has 1 atom stereocenters. The molecule has 7 heteroatoms. The van der Waals surface area contributed by atoms with Crippen LogP contribution in [-0.4, -0.2) is 27.4 Å². The molecule has 152 valence electrons. The summed E-state index contributed by atoms with van der Waals surface area (Å²) in [7, 11) is 0. The number of hydrogen-bond acceptors (Lipinski definition) is 6. The Morgan fingerprint density at radius 1 is 1.21 bits per heavy atom. The van der Waals surface area contributed by atoms with Crippen molar-refractivity contribution in [2.45, 2.75) is 76.0 Å². The lowest BCUT2D eigenvalue weighted by molar-refractivity contribution is -0.122. The average Bonchev–Trinajstić information content (AvgIpc) is 3.14. The number of carbonyl (C=O) groups excluding carboxylic acids is 1. The van der Waals surface area contributed by atoms with Gasteiger partial charge in [-0.25, -0.2) is 0 Å². The number of ether oxygens (including phenoxy) is 1. The number of aromatic nitrogens is 2. The van der Waals surface area contributed by atoms with Crippen LogP contribution in [0.5, 0.6) is 5.75 Å². The van der Waals surface area contributed by atoms with Gasteiger partial charge < -0.3 is 14.5 Å². The molecule has 1 aromatic carbocycles. The third-order valence-corrected chi connectivity index (χ3v) is 6.25. The summed E-state index contributed by atoms with van der Waals surface area (Å²) < 4.78 is 11.4. The van der Waals surface area contributed by atoms with Crippen molar-refractivity contribution in [3.8, 4) is 5.75 Å². The maximum Gasteiger partial charge on any atom is 0.277 e. The third-order valence-electron chi connectivity index (χ3n) is 4.87. The van der Waals surface area contributed by atoms with Crippen molar-refractivity contribution in [2.75, 3.05) is 0 Å². The van der Waals surface area contributed by atoms with Gasteiger partial charge in [0.15, 0.2) is 6.61 Å². The van der Waals surface area contributed by atoms with Crippen LogP contribution in [0.3, 0.4) is 0 Å². The van der Waals surface area contributed by atoms with Crippen molar-refractivity contribution < 1.29 is 13.9 Å². The molecule has 1 heterocycles. The summed E-state index contributed by atoms with van der Waals surface area (Å²) in [6.45, 7) is 6.31. The van der Waals surface area contributed by atoms with E-state index in [9.17, 15) is 4.79 Å². The van der Waals surface area contributed by atoms with Gasteiger partial charge in [-0.15, -0.1) is 10.2 Å². The SMILES string of the molecule is Cc1ccc(OCc2nnc(SC(C(=O)NC3CCCCC3)C(C)C)o2)cc1. The zero-order chi connectivity index (χ0) is 19.9. The monoisotopic (exact) mass is 403 g/mol. The highest BCUT2D eigenvalue weighted by Crippen LogP contribution is 2.28. The van der Waals surface area contributed by atoms with Gasteiger partial charge >= 0.3 is 0 Å². The second-order valence-corrected chi connectivity index (χ2v) is 8.78. The molecule has 1 N–H and O–H groups in total. The Hall–Kier alpha value is -2.02. The maximum absolute atomic E-state index is 12.8. The lowest BCUT2D eigenvalue weighted by Gasteiger charge is -2.26. The maximum atomic E-state index is 12.8. The summed E-state index contributed by atoms with van der Waals surface area (Å²) in [5.41, 5.74) is 1.18. The highest BCUT2D eigenvalue weighted by molar-refractivity contribution is 8.00. The number of hydrogen-bond donors (Lipinski definition) is 1. The quantitative estimate of drug-likeness (QED) is 0.653. The number of carbonyl (C=O) groups is 1. The molecule has 1 unspecified atom stereocenters. The lowest BCUT2D eigenvalue weighted by atomic mass is 9.95. The van der Waals surface area contributed by atoms with E-state index < -0.39 is 0 Å². The van der Waals surface area contributed by atoms with E-state index in [1.165, 1.54) is 36.6 Å². The van der Waals surface area contributed by atoms with E-state index >= 15 is 0 Å². The summed E-state index contributed by atoms with van der Waals surface area (Å²) in [6, 6.07) is 8.09. The fraction of sp³-hybridized carbons (Fsp3) is 0.571. The number of amides is 1. The van der Waals surface area contributed by atoms with Gasteiger partial charge in [-0.1, -0.05) is 62.6 Å². The molecule has 0 aliphatic heterocycles. The largest absolute Gasteiger partial charge is 0.484 e. The van der Waals surface area contributed by atoms with Gasteiger partial charge in [0.2, 0.25) is 5.91 Å².